The van der Waals surface area contributed by atoms with Gasteiger partial charge in [-0.2, -0.15) is 0 Å². The number of ether oxygens (including phenoxy) is 1. The molecule has 0 fully saturated rings. The van der Waals surface area contributed by atoms with E-state index in [-0.39, 0.29) is 5.56 Å². The summed E-state index contributed by atoms with van der Waals surface area (Å²) < 4.78 is 6.93. The third-order valence-electron chi connectivity index (χ3n) is 5.73. The summed E-state index contributed by atoms with van der Waals surface area (Å²) in [6.07, 6.45) is 2.99. The highest BCUT2D eigenvalue weighted by Gasteiger charge is 2.20. The molecule has 0 radical (unpaired) electrons. The van der Waals surface area contributed by atoms with Crippen LogP contribution < -0.4 is 5.56 Å². The van der Waals surface area contributed by atoms with Gasteiger partial charge < -0.3 is 9.72 Å². The fourth-order valence-corrected chi connectivity index (χ4v) is 4.17. The summed E-state index contributed by atoms with van der Waals surface area (Å²) in [5.74, 6) is 0.673. The number of aromatic nitrogens is 3. The van der Waals surface area contributed by atoms with Crippen LogP contribution in [-0.2, 0) is 24.2 Å². The third-order valence-corrected chi connectivity index (χ3v) is 5.73. The molecule has 164 valence electrons. The molecule has 3 aromatic rings. The molecule has 0 bridgehead atoms. The molecule has 5 rings (SSSR count). The molecule has 0 saturated carbocycles. The van der Waals surface area contributed by atoms with Gasteiger partial charge in [0, 0.05) is 26.1 Å². The Morgan fingerprint density at radius 1 is 0.848 bits per heavy atom. The summed E-state index contributed by atoms with van der Waals surface area (Å²) >= 11 is 0. The van der Waals surface area contributed by atoms with Crippen LogP contribution in [0.25, 0.3) is 17.1 Å². The van der Waals surface area contributed by atoms with Crippen LogP contribution in [0.5, 0.6) is 0 Å². The molecule has 33 heavy (non-hydrogen) atoms. The van der Waals surface area contributed by atoms with Crippen LogP contribution in [0.2, 0.25) is 0 Å². The first-order valence-electron chi connectivity index (χ1n) is 11.0. The van der Waals surface area contributed by atoms with Gasteiger partial charge in [0.1, 0.15) is 5.69 Å². The van der Waals surface area contributed by atoms with Crippen LogP contribution >= 0.6 is 0 Å². The van der Waals surface area contributed by atoms with Crippen molar-refractivity contribution in [3.63, 3.8) is 0 Å². The Kier molecular flexibility index (Phi) is 5.87. The van der Waals surface area contributed by atoms with Gasteiger partial charge in [0.2, 0.25) is 0 Å². The molecule has 2 heterocycles. The van der Waals surface area contributed by atoms with Crippen molar-refractivity contribution in [2.75, 3.05) is 7.11 Å². The number of methoxy groups -OCH3 is 1. The van der Waals surface area contributed by atoms with E-state index in [0.29, 0.717) is 31.0 Å². The summed E-state index contributed by atoms with van der Waals surface area (Å²) in [5.41, 5.74) is 6.56. The Morgan fingerprint density at radius 2 is 1.55 bits per heavy atom. The summed E-state index contributed by atoms with van der Waals surface area (Å²) in [4.78, 5) is 21.7. The largest absolute Gasteiger partial charge is 0.380 e. The van der Waals surface area contributed by atoms with Crippen LogP contribution in [-0.4, -0.2) is 21.6 Å². The maximum absolute atomic E-state index is 13.4. The minimum atomic E-state index is -0.0809. The van der Waals surface area contributed by atoms with E-state index in [0.717, 1.165) is 33.6 Å². The van der Waals surface area contributed by atoms with Gasteiger partial charge in [-0.15, -0.1) is 0 Å². The van der Waals surface area contributed by atoms with Crippen molar-refractivity contribution < 1.29 is 4.74 Å². The molecule has 2 aliphatic rings. The topological polar surface area (TPSA) is 59.9 Å². The number of rotatable bonds is 7. The van der Waals surface area contributed by atoms with E-state index in [1.165, 1.54) is 0 Å². The Labute approximate surface area is 192 Å². The molecular weight excluding hydrogens is 410 g/mol. The van der Waals surface area contributed by atoms with Crippen LogP contribution in [0.1, 0.15) is 28.1 Å². The molecule has 0 aliphatic carbocycles. The molecule has 0 amide bonds. The SMILES string of the molecule is COCc1cccc(Cc2nc3c(Cc4ccccc4)[nH]c(-c4ccccc4)cn-3c2=O)c1. The average Bonchev–Trinajstić information content (AvgIpc) is 3.16. The predicted octanol–water partition coefficient (Wildman–Crippen LogP) is 4.99. The van der Waals surface area contributed by atoms with Crippen LogP contribution in [0.4, 0.5) is 0 Å². The summed E-state index contributed by atoms with van der Waals surface area (Å²) in [6.45, 7) is 0.542. The first-order chi connectivity index (χ1) is 16.2. The Bertz CT molecular complexity index is 1390. The van der Waals surface area contributed by atoms with E-state index >= 15 is 0 Å². The monoisotopic (exact) mass is 435 g/mol. The number of hydrogen-bond acceptors (Lipinski definition) is 3. The van der Waals surface area contributed by atoms with Gasteiger partial charge in [-0.3, -0.25) is 9.36 Å². The predicted molar refractivity (Wildman–Crippen MR) is 130 cm³/mol. The number of benzene rings is 3. The standard InChI is InChI=1S/C28H25N3O2/c1-33-19-22-12-8-11-21(15-22)17-25-28(32)31-18-26(23-13-6-3-7-14-23)29-24(27(31)30-25)16-20-9-4-2-5-10-20/h2-15,18,29H,16-17,19H2,1H3. The zero-order valence-corrected chi connectivity index (χ0v) is 18.5. The smallest absolute Gasteiger partial charge is 0.278 e. The molecular formula is C28H25N3O2. The molecule has 0 saturated heterocycles. The fourth-order valence-electron chi connectivity index (χ4n) is 4.17. The zero-order chi connectivity index (χ0) is 22.6. The molecule has 0 unspecified atom stereocenters. The van der Waals surface area contributed by atoms with Crippen LogP contribution in [0, 0.1) is 0 Å². The van der Waals surface area contributed by atoms with Gasteiger partial charge in [0.15, 0.2) is 5.82 Å². The van der Waals surface area contributed by atoms with Gasteiger partial charge in [-0.05, 0) is 22.3 Å². The molecule has 0 aromatic heterocycles. The molecule has 2 aliphatic heterocycles. The molecule has 0 spiro atoms. The lowest BCUT2D eigenvalue weighted by atomic mass is 10.1. The summed E-state index contributed by atoms with van der Waals surface area (Å²) in [6, 6.07) is 28.4. The number of nitrogens with zero attached hydrogens (tertiary/aromatic N) is 2. The third kappa shape index (κ3) is 4.49. The second-order valence-corrected chi connectivity index (χ2v) is 8.16. The molecule has 0 atom stereocenters. The quantitative estimate of drug-likeness (QED) is 0.392. The van der Waals surface area contributed by atoms with E-state index in [1.807, 2.05) is 72.9 Å². The second kappa shape index (κ2) is 9.27. The van der Waals surface area contributed by atoms with Crippen molar-refractivity contribution in [3.05, 3.63) is 130 Å². The number of hydrogen-bond donors (Lipinski definition) is 1. The number of imidazole rings is 1. The summed E-state index contributed by atoms with van der Waals surface area (Å²) in [7, 11) is 1.68. The lowest BCUT2D eigenvalue weighted by Crippen LogP contribution is -2.17. The highest BCUT2D eigenvalue weighted by atomic mass is 16.5. The van der Waals surface area contributed by atoms with E-state index in [4.69, 9.17) is 9.72 Å². The molecule has 5 nitrogen and oxygen atoms in total. The number of nitrogens with one attached hydrogen (secondary N) is 1. The fraction of sp³-hybridized carbons (Fsp3) is 0.143. The maximum Gasteiger partial charge on any atom is 0.278 e. The Balaban J connectivity index is 1.60. The Morgan fingerprint density at radius 3 is 2.30 bits per heavy atom. The van der Waals surface area contributed by atoms with E-state index in [1.54, 1.807) is 11.7 Å². The van der Waals surface area contributed by atoms with Crippen molar-refractivity contribution in [2.24, 2.45) is 0 Å². The van der Waals surface area contributed by atoms with Gasteiger partial charge in [0.25, 0.3) is 5.56 Å². The van der Waals surface area contributed by atoms with Crippen LogP contribution in [0.3, 0.4) is 0 Å². The van der Waals surface area contributed by atoms with Gasteiger partial charge in [-0.25, -0.2) is 4.98 Å². The number of aromatic amines is 1. The molecule has 5 heteroatoms. The van der Waals surface area contributed by atoms with Crippen molar-refractivity contribution in [1.29, 1.82) is 0 Å². The lowest BCUT2D eigenvalue weighted by molar-refractivity contribution is 0.185. The van der Waals surface area contributed by atoms with E-state index < -0.39 is 0 Å². The first-order valence-corrected chi connectivity index (χ1v) is 11.0. The van der Waals surface area contributed by atoms with Crippen molar-refractivity contribution in [3.8, 4) is 17.1 Å². The average molecular weight is 436 g/mol. The van der Waals surface area contributed by atoms with E-state index in [2.05, 4.69) is 23.2 Å². The lowest BCUT2D eigenvalue weighted by Gasteiger charge is -2.13. The highest BCUT2D eigenvalue weighted by Crippen LogP contribution is 2.23. The number of H-pyrrole nitrogens is 1. The van der Waals surface area contributed by atoms with Crippen molar-refractivity contribution in [1.82, 2.24) is 14.5 Å². The van der Waals surface area contributed by atoms with Gasteiger partial charge in [0.05, 0.1) is 18.0 Å². The number of fused-ring (bicyclic) bond motifs is 1. The molecule has 3 aromatic carbocycles. The first kappa shape index (κ1) is 20.9. The van der Waals surface area contributed by atoms with Crippen molar-refractivity contribution in [2.45, 2.75) is 19.4 Å². The van der Waals surface area contributed by atoms with E-state index in [9.17, 15) is 4.79 Å². The second-order valence-electron chi connectivity index (χ2n) is 8.16. The Hall–Kier alpha value is -3.96. The van der Waals surface area contributed by atoms with Gasteiger partial charge in [-0.1, -0.05) is 84.9 Å². The van der Waals surface area contributed by atoms with Gasteiger partial charge >= 0.3 is 0 Å². The zero-order valence-electron chi connectivity index (χ0n) is 18.5. The normalized spacial score (nSPS) is 11.2. The highest BCUT2D eigenvalue weighted by molar-refractivity contribution is 5.60. The maximum atomic E-state index is 13.4. The van der Waals surface area contributed by atoms with Crippen LogP contribution in [0.15, 0.2) is 95.9 Å². The minimum absolute atomic E-state index is 0.0809. The minimum Gasteiger partial charge on any atom is -0.380 e. The molecule has 1 N–H and O–H groups in total. The van der Waals surface area contributed by atoms with Crippen molar-refractivity contribution >= 4 is 0 Å². The summed E-state index contributed by atoms with van der Waals surface area (Å²) in [5, 5.41) is 0.